The maximum Gasteiger partial charge on any atom is 0.255 e. The summed E-state index contributed by atoms with van der Waals surface area (Å²) in [6, 6.07) is 10.9. The summed E-state index contributed by atoms with van der Waals surface area (Å²) in [5.41, 5.74) is 4.76. The fraction of sp³-hybridized carbons (Fsp3) is 0.200. The van der Waals surface area contributed by atoms with Gasteiger partial charge >= 0.3 is 0 Å². The summed E-state index contributed by atoms with van der Waals surface area (Å²) in [6.07, 6.45) is 3.73. The fourth-order valence-electron chi connectivity index (χ4n) is 2.22. The zero-order valence-electron chi connectivity index (χ0n) is 11.1. The highest BCUT2D eigenvalue weighted by molar-refractivity contribution is 5.69. The van der Waals surface area contributed by atoms with Crippen molar-refractivity contribution in [3.8, 4) is 11.4 Å². The van der Waals surface area contributed by atoms with E-state index in [1.54, 1.807) is 17.7 Å². The first-order chi connectivity index (χ1) is 9.78. The van der Waals surface area contributed by atoms with E-state index in [1.807, 2.05) is 42.7 Å². The molecule has 0 bridgehead atoms. The maximum absolute atomic E-state index is 12.0. The number of benzene rings is 1. The molecule has 102 valence electrons. The molecule has 2 aromatic rings. The molecule has 0 saturated heterocycles. The van der Waals surface area contributed by atoms with Crippen LogP contribution in [-0.4, -0.2) is 24.4 Å². The van der Waals surface area contributed by atoms with Crippen molar-refractivity contribution in [2.24, 2.45) is 5.10 Å². The lowest BCUT2D eigenvalue weighted by molar-refractivity contribution is 0.414. The van der Waals surface area contributed by atoms with E-state index in [0.29, 0.717) is 0 Å². The smallest absolute Gasteiger partial charge is 0.255 e. The fourth-order valence-corrected chi connectivity index (χ4v) is 2.22. The van der Waals surface area contributed by atoms with Crippen LogP contribution >= 0.6 is 0 Å². The van der Waals surface area contributed by atoms with Crippen molar-refractivity contribution < 1.29 is 4.74 Å². The molecule has 0 saturated carbocycles. The highest BCUT2D eigenvalue weighted by Gasteiger charge is 2.14. The van der Waals surface area contributed by atoms with Crippen LogP contribution in [-0.2, 0) is 0 Å². The van der Waals surface area contributed by atoms with E-state index in [9.17, 15) is 4.79 Å². The van der Waals surface area contributed by atoms with Gasteiger partial charge in [0.15, 0.2) is 0 Å². The highest BCUT2D eigenvalue weighted by Crippen LogP contribution is 2.17. The van der Waals surface area contributed by atoms with Gasteiger partial charge < -0.3 is 10.2 Å². The van der Waals surface area contributed by atoms with Crippen LogP contribution in [0.25, 0.3) is 5.69 Å². The third kappa shape index (κ3) is 2.30. The van der Waals surface area contributed by atoms with Gasteiger partial charge in [-0.3, -0.25) is 9.36 Å². The van der Waals surface area contributed by atoms with Crippen LogP contribution in [0.5, 0.6) is 5.75 Å². The molecule has 1 aromatic heterocycles. The molecule has 1 atom stereocenters. The van der Waals surface area contributed by atoms with E-state index < -0.39 is 0 Å². The predicted molar refractivity (Wildman–Crippen MR) is 77.8 cm³/mol. The van der Waals surface area contributed by atoms with Gasteiger partial charge in [-0.25, -0.2) is 0 Å². The molecule has 0 radical (unpaired) electrons. The normalized spacial score (nSPS) is 16.9. The summed E-state index contributed by atoms with van der Waals surface area (Å²) in [7, 11) is 1.62. The zero-order chi connectivity index (χ0) is 13.9. The number of hydrogen-bond donors (Lipinski definition) is 1. The van der Waals surface area contributed by atoms with Gasteiger partial charge in [-0.1, -0.05) is 6.07 Å². The largest absolute Gasteiger partial charge is 0.497 e. The number of hydrogen-bond acceptors (Lipinski definition) is 4. The third-order valence-electron chi connectivity index (χ3n) is 3.37. The van der Waals surface area contributed by atoms with Gasteiger partial charge in [0, 0.05) is 36.6 Å². The first kappa shape index (κ1) is 12.5. The van der Waals surface area contributed by atoms with Gasteiger partial charge in [-0.05, 0) is 29.8 Å². The van der Waals surface area contributed by atoms with Crippen molar-refractivity contribution in [1.82, 2.24) is 9.99 Å². The van der Waals surface area contributed by atoms with Crippen LogP contribution in [0, 0.1) is 0 Å². The molecule has 1 aromatic carbocycles. The van der Waals surface area contributed by atoms with E-state index in [2.05, 4.69) is 10.5 Å². The van der Waals surface area contributed by atoms with Gasteiger partial charge in [-0.15, -0.1) is 0 Å². The Labute approximate surface area is 116 Å². The lowest BCUT2D eigenvalue weighted by Crippen LogP contribution is -2.19. The summed E-state index contributed by atoms with van der Waals surface area (Å²) in [5, 5.41) is 4.01. The molecule has 1 N–H and O–H groups in total. The number of pyridine rings is 1. The molecule has 0 aliphatic carbocycles. The van der Waals surface area contributed by atoms with Gasteiger partial charge in [0.2, 0.25) is 0 Å². The molecule has 5 heteroatoms. The molecule has 0 spiro atoms. The molecule has 1 unspecified atom stereocenters. The predicted octanol–water partition coefficient (Wildman–Crippen LogP) is 1.52. The molecule has 0 fully saturated rings. The number of nitrogens with one attached hydrogen (secondary N) is 1. The van der Waals surface area contributed by atoms with Gasteiger partial charge in [0.1, 0.15) is 5.75 Å². The molecule has 1 aliphatic rings. The van der Waals surface area contributed by atoms with E-state index in [4.69, 9.17) is 4.74 Å². The summed E-state index contributed by atoms with van der Waals surface area (Å²) in [4.78, 5) is 12.0. The zero-order valence-corrected chi connectivity index (χ0v) is 11.1. The molecular weight excluding hydrogens is 254 g/mol. The molecule has 3 rings (SSSR count). The number of hydrazone groups is 1. The Balaban J connectivity index is 2.00. The van der Waals surface area contributed by atoms with E-state index >= 15 is 0 Å². The number of rotatable bonds is 3. The first-order valence-corrected chi connectivity index (χ1v) is 6.41. The van der Waals surface area contributed by atoms with Crippen molar-refractivity contribution in [3.05, 3.63) is 58.5 Å². The van der Waals surface area contributed by atoms with Crippen molar-refractivity contribution in [3.63, 3.8) is 0 Å². The van der Waals surface area contributed by atoms with Gasteiger partial charge in [0.25, 0.3) is 5.56 Å². The van der Waals surface area contributed by atoms with Crippen LogP contribution in [0.4, 0.5) is 0 Å². The SMILES string of the molecule is COc1ccc(-n2cc(C3C=NNC3)ccc2=O)cc1. The molecule has 20 heavy (non-hydrogen) atoms. The average molecular weight is 269 g/mol. The Kier molecular flexibility index (Phi) is 3.25. The monoisotopic (exact) mass is 269 g/mol. The van der Waals surface area contributed by atoms with Crippen molar-refractivity contribution in [2.45, 2.75) is 5.92 Å². The maximum atomic E-state index is 12.0. The summed E-state index contributed by atoms with van der Waals surface area (Å²) in [5.74, 6) is 0.977. The van der Waals surface area contributed by atoms with Crippen LogP contribution in [0.1, 0.15) is 11.5 Å². The Morgan fingerprint density at radius 2 is 2.05 bits per heavy atom. The second kappa shape index (κ2) is 5.21. The molecule has 1 aliphatic heterocycles. The molecular formula is C15H15N3O2. The Morgan fingerprint density at radius 3 is 2.70 bits per heavy atom. The number of nitrogens with zero attached hydrogens (tertiary/aromatic N) is 2. The topological polar surface area (TPSA) is 55.6 Å². The number of ether oxygens (including phenoxy) is 1. The first-order valence-electron chi connectivity index (χ1n) is 6.41. The van der Waals surface area contributed by atoms with Crippen molar-refractivity contribution in [2.75, 3.05) is 13.7 Å². The minimum atomic E-state index is -0.0539. The summed E-state index contributed by atoms with van der Waals surface area (Å²) >= 11 is 0. The number of aromatic nitrogens is 1. The van der Waals surface area contributed by atoms with Gasteiger partial charge in [0.05, 0.1) is 7.11 Å². The summed E-state index contributed by atoms with van der Waals surface area (Å²) < 4.78 is 6.77. The minimum Gasteiger partial charge on any atom is -0.497 e. The minimum absolute atomic E-state index is 0.0539. The standard InChI is InChI=1S/C15H15N3O2/c1-20-14-5-3-13(4-6-14)18-10-11(2-7-15(18)19)12-8-16-17-9-12/h2-8,10,12,17H,9H2,1H3. The van der Waals surface area contributed by atoms with Crippen molar-refractivity contribution in [1.29, 1.82) is 0 Å². The quantitative estimate of drug-likeness (QED) is 0.919. The van der Waals surface area contributed by atoms with E-state index in [1.165, 1.54) is 0 Å². The van der Waals surface area contributed by atoms with Gasteiger partial charge in [-0.2, -0.15) is 5.10 Å². The van der Waals surface area contributed by atoms with Crippen molar-refractivity contribution >= 4 is 6.21 Å². The lowest BCUT2D eigenvalue weighted by atomic mass is 10.0. The Hall–Kier alpha value is -2.56. The Bertz CT molecular complexity index is 689. The van der Waals surface area contributed by atoms with E-state index in [-0.39, 0.29) is 11.5 Å². The highest BCUT2D eigenvalue weighted by atomic mass is 16.5. The van der Waals surface area contributed by atoms with E-state index in [0.717, 1.165) is 23.5 Å². The summed E-state index contributed by atoms with van der Waals surface area (Å²) in [6.45, 7) is 0.765. The average Bonchev–Trinajstić information content (AvgIpc) is 3.02. The van der Waals surface area contributed by atoms with Crippen LogP contribution in [0.3, 0.4) is 0 Å². The van der Waals surface area contributed by atoms with Crippen LogP contribution in [0.2, 0.25) is 0 Å². The molecule has 5 nitrogen and oxygen atoms in total. The Morgan fingerprint density at radius 1 is 1.25 bits per heavy atom. The lowest BCUT2D eigenvalue weighted by Gasteiger charge is -2.11. The third-order valence-corrected chi connectivity index (χ3v) is 3.37. The molecule has 2 heterocycles. The number of methoxy groups -OCH3 is 1. The van der Waals surface area contributed by atoms with Crippen LogP contribution < -0.4 is 15.7 Å². The van der Waals surface area contributed by atoms with Crippen LogP contribution in [0.15, 0.2) is 52.5 Å². The second-order valence-electron chi connectivity index (χ2n) is 4.62. The second-order valence-corrected chi connectivity index (χ2v) is 4.62. The molecule has 0 amide bonds.